The first kappa shape index (κ1) is 15.0. The number of halogens is 1. The zero-order valence-electron chi connectivity index (χ0n) is 12.3. The van der Waals surface area contributed by atoms with Crippen LogP contribution in [-0.4, -0.2) is 10.9 Å². The van der Waals surface area contributed by atoms with E-state index in [0.29, 0.717) is 11.5 Å². The van der Waals surface area contributed by atoms with Crippen molar-refractivity contribution in [2.45, 2.75) is 20.8 Å². The molecule has 5 heteroatoms. The number of carbonyl (C=O) groups excluding carboxylic acids is 1. The minimum atomic E-state index is -0.453. The van der Waals surface area contributed by atoms with Crippen LogP contribution in [0.3, 0.4) is 0 Å². The third kappa shape index (κ3) is 4.27. The molecule has 0 fully saturated rings. The van der Waals surface area contributed by atoms with Crippen LogP contribution in [0, 0.1) is 11.2 Å². The summed E-state index contributed by atoms with van der Waals surface area (Å²) in [5.74, 6) is 0.271. The molecule has 2 aromatic rings. The number of pyridine rings is 1. The molecule has 2 N–H and O–H groups in total. The second-order valence-electron chi connectivity index (χ2n) is 5.77. The average Bonchev–Trinajstić information content (AvgIpc) is 2.42. The molecule has 0 unspecified atom stereocenters. The fraction of sp³-hybridized carbons (Fsp3) is 0.250. The smallest absolute Gasteiger partial charge is 0.229 e. The summed E-state index contributed by atoms with van der Waals surface area (Å²) in [4.78, 5) is 16.1. The summed E-state index contributed by atoms with van der Waals surface area (Å²) in [6.45, 7) is 5.54. The van der Waals surface area contributed by atoms with Gasteiger partial charge in [0.05, 0.1) is 11.9 Å². The highest BCUT2D eigenvalue weighted by Crippen LogP contribution is 2.19. The van der Waals surface area contributed by atoms with Gasteiger partial charge in [0.2, 0.25) is 5.91 Å². The van der Waals surface area contributed by atoms with E-state index < -0.39 is 5.41 Å². The number of carbonyl (C=O) groups is 1. The number of nitrogens with one attached hydrogen (secondary N) is 2. The molecule has 0 saturated carbocycles. The summed E-state index contributed by atoms with van der Waals surface area (Å²) in [5, 5.41) is 5.85. The zero-order valence-corrected chi connectivity index (χ0v) is 12.3. The van der Waals surface area contributed by atoms with Gasteiger partial charge in [-0.3, -0.25) is 4.79 Å². The van der Waals surface area contributed by atoms with Crippen LogP contribution in [0.25, 0.3) is 0 Å². The fourth-order valence-electron chi connectivity index (χ4n) is 1.54. The molecule has 0 aliphatic carbocycles. The predicted octanol–water partition coefficient (Wildman–Crippen LogP) is 3.95. The zero-order chi connectivity index (χ0) is 15.5. The Morgan fingerprint density at radius 1 is 1.05 bits per heavy atom. The second-order valence-corrected chi connectivity index (χ2v) is 5.77. The quantitative estimate of drug-likeness (QED) is 0.898. The Morgan fingerprint density at radius 2 is 1.67 bits per heavy atom. The normalized spacial score (nSPS) is 11.0. The Balaban J connectivity index is 2.02. The van der Waals surface area contributed by atoms with E-state index in [2.05, 4.69) is 15.6 Å². The Labute approximate surface area is 123 Å². The van der Waals surface area contributed by atoms with Crippen molar-refractivity contribution < 1.29 is 9.18 Å². The lowest BCUT2D eigenvalue weighted by Crippen LogP contribution is -2.27. The van der Waals surface area contributed by atoms with E-state index in [4.69, 9.17) is 0 Å². The minimum Gasteiger partial charge on any atom is -0.340 e. The Bertz CT molecular complexity index is 615. The van der Waals surface area contributed by atoms with Crippen LogP contribution in [-0.2, 0) is 4.79 Å². The van der Waals surface area contributed by atoms with Crippen molar-refractivity contribution in [2.24, 2.45) is 5.41 Å². The van der Waals surface area contributed by atoms with E-state index in [1.54, 1.807) is 30.5 Å². The lowest BCUT2D eigenvalue weighted by Gasteiger charge is -2.17. The number of hydrogen-bond acceptors (Lipinski definition) is 3. The van der Waals surface area contributed by atoms with Gasteiger partial charge in [-0.2, -0.15) is 0 Å². The largest absolute Gasteiger partial charge is 0.340 e. The number of rotatable bonds is 3. The molecular weight excluding hydrogens is 269 g/mol. The summed E-state index contributed by atoms with van der Waals surface area (Å²) in [6, 6.07) is 9.53. The van der Waals surface area contributed by atoms with Crippen LogP contribution in [0.1, 0.15) is 20.8 Å². The van der Waals surface area contributed by atoms with Crippen LogP contribution in [0.5, 0.6) is 0 Å². The highest BCUT2D eigenvalue weighted by atomic mass is 19.1. The van der Waals surface area contributed by atoms with Crippen molar-refractivity contribution >= 4 is 23.1 Å². The fourth-order valence-corrected chi connectivity index (χ4v) is 1.54. The first-order valence-corrected chi connectivity index (χ1v) is 6.65. The number of amides is 1. The van der Waals surface area contributed by atoms with Crippen molar-refractivity contribution in [3.05, 3.63) is 48.4 Å². The number of anilines is 3. The highest BCUT2D eigenvalue weighted by molar-refractivity contribution is 5.94. The van der Waals surface area contributed by atoms with Crippen molar-refractivity contribution in [2.75, 3.05) is 10.6 Å². The molecule has 0 spiro atoms. The van der Waals surface area contributed by atoms with Crippen LogP contribution in [0.15, 0.2) is 42.6 Å². The maximum absolute atomic E-state index is 12.8. The maximum Gasteiger partial charge on any atom is 0.229 e. The molecule has 1 aromatic carbocycles. The van der Waals surface area contributed by atoms with E-state index >= 15 is 0 Å². The monoisotopic (exact) mass is 287 g/mol. The Morgan fingerprint density at radius 3 is 2.19 bits per heavy atom. The standard InChI is InChI=1S/C16H18FN3O/c1-16(2,3)15(21)20-13-8-9-14(18-10-13)19-12-6-4-11(17)5-7-12/h4-10H,1-3H3,(H,18,19)(H,20,21). The van der Waals surface area contributed by atoms with Gasteiger partial charge < -0.3 is 10.6 Å². The van der Waals surface area contributed by atoms with E-state index in [0.717, 1.165) is 5.69 Å². The van der Waals surface area contributed by atoms with Crippen molar-refractivity contribution in [3.8, 4) is 0 Å². The van der Waals surface area contributed by atoms with Crippen LogP contribution in [0.4, 0.5) is 21.6 Å². The summed E-state index contributed by atoms with van der Waals surface area (Å²) in [5.41, 5.74) is 0.931. The number of nitrogens with zero attached hydrogens (tertiary/aromatic N) is 1. The van der Waals surface area contributed by atoms with Gasteiger partial charge in [-0.1, -0.05) is 20.8 Å². The molecule has 0 aliphatic heterocycles. The van der Waals surface area contributed by atoms with Crippen LogP contribution >= 0.6 is 0 Å². The molecule has 0 aliphatic rings. The van der Waals surface area contributed by atoms with Gasteiger partial charge in [-0.25, -0.2) is 9.37 Å². The highest BCUT2D eigenvalue weighted by Gasteiger charge is 2.21. The molecule has 1 heterocycles. The van der Waals surface area contributed by atoms with Gasteiger partial charge in [0.25, 0.3) is 0 Å². The van der Waals surface area contributed by atoms with E-state index in [1.807, 2.05) is 20.8 Å². The lowest BCUT2D eigenvalue weighted by atomic mass is 9.96. The maximum atomic E-state index is 12.8. The topological polar surface area (TPSA) is 54.0 Å². The molecule has 4 nitrogen and oxygen atoms in total. The SMILES string of the molecule is CC(C)(C)C(=O)Nc1ccc(Nc2ccc(F)cc2)nc1. The predicted molar refractivity (Wildman–Crippen MR) is 82.0 cm³/mol. The van der Waals surface area contributed by atoms with Crippen molar-refractivity contribution in [1.82, 2.24) is 4.98 Å². The minimum absolute atomic E-state index is 0.0662. The van der Waals surface area contributed by atoms with Crippen molar-refractivity contribution in [3.63, 3.8) is 0 Å². The average molecular weight is 287 g/mol. The summed E-state index contributed by atoms with van der Waals surface area (Å²) in [6.07, 6.45) is 1.58. The molecule has 1 amide bonds. The summed E-state index contributed by atoms with van der Waals surface area (Å²) < 4.78 is 12.8. The van der Waals surface area contributed by atoms with Gasteiger partial charge in [-0.05, 0) is 36.4 Å². The summed E-state index contributed by atoms with van der Waals surface area (Å²) in [7, 11) is 0. The summed E-state index contributed by atoms with van der Waals surface area (Å²) >= 11 is 0. The molecule has 0 saturated heterocycles. The van der Waals surface area contributed by atoms with Gasteiger partial charge in [-0.15, -0.1) is 0 Å². The van der Waals surface area contributed by atoms with E-state index in [-0.39, 0.29) is 11.7 Å². The van der Waals surface area contributed by atoms with E-state index in [9.17, 15) is 9.18 Å². The molecule has 0 radical (unpaired) electrons. The third-order valence-corrected chi connectivity index (χ3v) is 2.82. The molecule has 110 valence electrons. The van der Waals surface area contributed by atoms with E-state index in [1.165, 1.54) is 12.1 Å². The van der Waals surface area contributed by atoms with Gasteiger partial charge in [0.15, 0.2) is 0 Å². The number of aromatic nitrogens is 1. The molecule has 0 atom stereocenters. The van der Waals surface area contributed by atoms with Crippen molar-refractivity contribution in [1.29, 1.82) is 0 Å². The van der Waals surface area contributed by atoms with Gasteiger partial charge in [0, 0.05) is 11.1 Å². The van der Waals surface area contributed by atoms with Crippen LogP contribution in [0.2, 0.25) is 0 Å². The second kappa shape index (κ2) is 5.91. The Hall–Kier alpha value is -2.43. The third-order valence-electron chi connectivity index (χ3n) is 2.82. The van der Waals surface area contributed by atoms with Crippen LogP contribution < -0.4 is 10.6 Å². The molecule has 1 aromatic heterocycles. The molecule has 21 heavy (non-hydrogen) atoms. The molecule has 0 bridgehead atoms. The van der Waals surface area contributed by atoms with Gasteiger partial charge in [0.1, 0.15) is 11.6 Å². The molecular formula is C16H18FN3O. The lowest BCUT2D eigenvalue weighted by molar-refractivity contribution is -0.123. The number of hydrogen-bond donors (Lipinski definition) is 2. The first-order chi connectivity index (χ1) is 9.84. The first-order valence-electron chi connectivity index (χ1n) is 6.65. The molecule has 2 rings (SSSR count). The number of benzene rings is 1. The van der Waals surface area contributed by atoms with Gasteiger partial charge >= 0.3 is 0 Å². The Kier molecular flexibility index (Phi) is 4.21.